The Kier molecular flexibility index (Phi) is 5.44. The monoisotopic (exact) mass is 366 g/mol. The molecule has 0 atom stereocenters. The molecule has 1 N–H and O–H groups in total. The largest absolute Gasteiger partial charge is 0.344 e. The molecular weight excluding hydrogens is 340 g/mol. The fraction of sp³-hybridized carbons (Fsp3) is 0.381. The first-order valence-electron chi connectivity index (χ1n) is 9.22. The van der Waals surface area contributed by atoms with Gasteiger partial charge in [0.05, 0.1) is 11.2 Å². The predicted octanol–water partition coefficient (Wildman–Crippen LogP) is 2.74. The van der Waals surface area contributed by atoms with Gasteiger partial charge in [0, 0.05) is 36.4 Å². The molecular formula is C21H26N4O2. The van der Waals surface area contributed by atoms with Gasteiger partial charge in [-0.1, -0.05) is 12.1 Å². The average molecular weight is 366 g/mol. The number of carbonyl (C=O) groups is 1. The number of benzene rings is 1. The Balaban J connectivity index is 1.68. The van der Waals surface area contributed by atoms with Crippen LogP contribution in [0.2, 0.25) is 0 Å². The number of para-hydroxylation sites is 1. The number of aromatic amines is 1. The zero-order valence-corrected chi connectivity index (χ0v) is 16.4. The molecule has 0 aliphatic heterocycles. The molecule has 0 radical (unpaired) electrons. The molecule has 2 aromatic heterocycles. The van der Waals surface area contributed by atoms with Gasteiger partial charge in [-0.2, -0.15) is 5.10 Å². The summed E-state index contributed by atoms with van der Waals surface area (Å²) >= 11 is 0. The Morgan fingerprint density at radius 2 is 1.96 bits per heavy atom. The van der Waals surface area contributed by atoms with Crippen molar-refractivity contribution in [3.8, 4) is 0 Å². The summed E-state index contributed by atoms with van der Waals surface area (Å²) in [4.78, 5) is 26.7. The zero-order chi connectivity index (χ0) is 19.6. The lowest BCUT2D eigenvalue weighted by atomic mass is 10.1. The second-order valence-corrected chi connectivity index (χ2v) is 7.08. The fourth-order valence-electron chi connectivity index (χ4n) is 3.48. The summed E-state index contributed by atoms with van der Waals surface area (Å²) in [6, 6.07) is 9.03. The molecule has 0 saturated carbocycles. The molecule has 0 bridgehead atoms. The van der Waals surface area contributed by atoms with E-state index in [2.05, 4.69) is 10.2 Å². The highest BCUT2D eigenvalue weighted by Gasteiger charge is 2.14. The third-order valence-electron chi connectivity index (χ3n) is 5.15. The van der Waals surface area contributed by atoms with E-state index in [0.717, 1.165) is 35.4 Å². The SMILES string of the molecule is Cc1n[nH]c(C)c1CCCN(C)C(=O)Cn1c(C)cc(=O)c2ccccc21. The van der Waals surface area contributed by atoms with Crippen LogP contribution in [0, 0.1) is 20.8 Å². The number of pyridine rings is 1. The standard InChI is InChI=1S/C21H26N4O2/c1-14-12-20(26)18-8-5-6-10-19(18)25(14)13-21(27)24(4)11-7-9-17-15(2)22-23-16(17)3/h5-6,8,10,12H,7,9,11,13H2,1-4H3,(H,22,23). The number of nitrogens with one attached hydrogen (secondary N) is 1. The van der Waals surface area contributed by atoms with E-state index in [1.54, 1.807) is 17.0 Å². The molecule has 3 aromatic rings. The van der Waals surface area contributed by atoms with Crippen LogP contribution >= 0.6 is 0 Å². The van der Waals surface area contributed by atoms with Crippen molar-refractivity contribution >= 4 is 16.8 Å². The van der Waals surface area contributed by atoms with Crippen LogP contribution in [-0.4, -0.2) is 39.2 Å². The van der Waals surface area contributed by atoms with Crippen LogP contribution in [0.1, 0.15) is 29.1 Å². The maximum absolute atomic E-state index is 12.7. The smallest absolute Gasteiger partial charge is 0.242 e. The van der Waals surface area contributed by atoms with Gasteiger partial charge in [-0.15, -0.1) is 0 Å². The van der Waals surface area contributed by atoms with Gasteiger partial charge < -0.3 is 9.47 Å². The van der Waals surface area contributed by atoms with E-state index < -0.39 is 0 Å². The van der Waals surface area contributed by atoms with E-state index in [4.69, 9.17) is 0 Å². The van der Waals surface area contributed by atoms with Crippen LogP contribution in [0.4, 0.5) is 0 Å². The number of hydrogen-bond donors (Lipinski definition) is 1. The summed E-state index contributed by atoms with van der Waals surface area (Å²) in [5, 5.41) is 7.86. The van der Waals surface area contributed by atoms with Gasteiger partial charge in [-0.3, -0.25) is 14.7 Å². The molecule has 2 heterocycles. The topological polar surface area (TPSA) is 71.0 Å². The molecule has 0 aliphatic rings. The molecule has 3 rings (SSSR count). The molecule has 0 fully saturated rings. The van der Waals surface area contributed by atoms with Crippen LogP contribution in [0.25, 0.3) is 10.9 Å². The average Bonchev–Trinajstić information content (AvgIpc) is 2.96. The molecule has 0 spiro atoms. The van der Waals surface area contributed by atoms with Crippen molar-refractivity contribution < 1.29 is 4.79 Å². The predicted molar refractivity (Wildman–Crippen MR) is 107 cm³/mol. The second kappa shape index (κ2) is 7.78. The summed E-state index contributed by atoms with van der Waals surface area (Å²) in [6.07, 6.45) is 1.78. The zero-order valence-electron chi connectivity index (χ0n) is 16.4. The molecule has 27 heavy (non-hydrogen) atoms. The molecule has 142 valence electrons. The Morgan fingerprint density at radius 3 is 2.67 bits per heavy atom. The minimum Gasteiger partial charge on any atom is -0.344 e. The Bertz CT molecular complexity index is 1010. The molecule has 0 saturated heterocycles. The van der Waals surface area contributed by atoms with E-state index in [1.807, 2.05) is 50.6 Å². The van der Waals surface area contributed by atoms with Crippen LogP contribution in [0.3, 0.4) is 0 Å². The van der Waals surface area contributed by atoms with Crippen molar-refractivity contribution in [1.29, 1.82) is 0 Å². The number of aromatic nitrogens is 3. The molecule has 0 unspecified atom stereocenters. The summed E-state index contributed by atoms with van der Waals surface area (Å²) in [5.41, 5.74) is 4.94. The van der Waals surface area contributed by atoms with E-state index in [9.17, 15) is 9.59 Å². The maximum atomic E-state index is 12.7. The highest BCUT2D eigenvalue weighted by Crippen LogP contribution is 2.14. The van der Waals surface area contributed by atoms with Crippen LogP contribution in [-0.2, 0) is 17.8 Å². The number of carbonyl (C=O) groups excluding carboxylic acids is 1. The molecule has 6 nitrogen and oxygen atoms in total. The van der Waals surface area contributed by atoms with Gasteiger partial charge in [0.25, 0.3) is 0 Å². The number of hydrogen-bond acceptors (Lipinski definition) is 3. The lowest BCUT2D eigenvalue weighted by Gasteiger charge is -2.20. The fourth-order valence-corrected chi connectivity index (χ4v) is 3.48. The second-order valence-electron chi connectivity index (χ2n) is 7.08. The van der Waals surface area contributed by atoms with Crippen LogP contribution in [0.5, 0.6) is 0 Å². The molecule has 6 heteroatoms. The highest BCUT2D eigenvalue weighted by atomic mass is 16.2. The van der Waals surface area contributed by atoms with Gasteiger partial charge in [0.1, 0.15) is 6.54 Å². The lowest BCUT2D eigenvalue weighted by Crippen LogP contribution is -2.32. The number of aryl methyl sites for hydroxylation is 3. The van der Waals surface area contributed by atoms with Crippen molar-refractivity contribution in [3.05, 3.63) is 63.2 Å². The molecule has 1 aromatic carbocycles. The first-order chi connectivity index (χ1) is 12.9. The number of H-pyrrole nitrogens is 1. The van der Waals surface area contributed by atoms with Crippen molar-refractivity contribution in [2.24, 2.45) is 0 Å². The molecule has 0 aliphatic carbocycles. The normalized spacial score (nSPS) is 11.1. The van der Waals surface area contributed by atoms with Crippen LogP contribution in [0.15, 0.2) is 35.1 Å². The van der Waals surface area contributed by atoms with Gasteiger partial charge in [-0.25, -0.2) is 0 Å². The summed E-state index contributed by atoms with van der Waals surface area (Å²) in [6.45, 7) is 6.80. The summed E-state index contributed by atoms with van der Waals surface area (Å²) in [5.74, 6) is 0.0348. The Labute approximate surface area is 158 Å². The molecule has 1 amide bonds. The van der Waals surface area contributed by atoms with E-state index in [1.165, 1.54) is 5.56 Å². The first-order valence-corrected chi connectivity index (χ1v) is 9.22. The quantitative estimate of drug-likeness (QED) is 0.729. The third-order valence-corrected chi connectivity index (χ3v) is 5.15. The lowest BCUT2D eigenvalue weighted by molar-refractivity contribution is -0.130. The summed E-state index contributed by atoms with van der Waals surface area (Å²) < 4.78 is 1.92. The van der Waals surface area contributed by atoms with Crippen molar-refractivity contribution in [3.63, 3.8) is 0 Å². The number of nitrogens with zero attached hydrogens (tertiary/aromatic N) is 3. The van der Waals surface area contributed by atoms with Gasteiger partial charge in [0.15, 0.2) is 5.43 Å². The van der Waals surface area contributed by atoms with Crippen molar-refractivity contribution in [2.45, 2.75) is 40.2 Å². The number of fused-ring (bicyclic) bond motifs is 1. The van der Waals surface area contributed by atoms with E-state index in [0.29, 0.717) is 11.9 Å². The minimum atomic E-state index is -0.00833. The Hall–Kier alpha value is -2.89. The van der Waals surface area contributed by atoms with E-state index >= 15 is 0 Å². The van der Waals surface area contributed by atoms with Crippen molar-refractivity contribution in [1.82, 2.24) is 19.7 Å². The van der Waals surface area contributed by atoms with Crippen molar-refractivity contribution in [2.75, 3.05) is 13.6 Å². The summed E-state index contributed by atoms with van der Waals surface area (Å²) in [7, 11) is 1.83. The highest BCUT2D eigenvalue weighted by molar-refractivity contribution is 5.82. The van der Waals surface area contributed by atoms with Crippen LogP contribution < -0.4 is 5.43 Å². The van der Waals surface area contributed by atoms with Gasteiger partial charge in [-0.05, 0) is 51.3 Å². The third kappa shape index (κ3) is 3.94. The maximum Gasteiger partial charge on any atom is 0.242 e. The van der Waals surface area contributed by atoms with Gasteiger partial charge in [0.2, 0.25) is 5.91 Å². The minimum absolute atomic E-state index is 0.00833. The van der Waals surface area contributed by atoms with E-state index in [-0.39, 0.29) is 17.9 Å². The number of likely N-dealkylation sites (N-methyl/N-ethyl adjacent to an activating group) is 1. The first kappa shape index (κ1) is 18.9. The number of rotatable bonds is 6. The number of amides is 1. The Morgan fingerprint density at radius 1 is 1.22 bits per heavy atom. The van der Waals surface area contributed by atoms with Gasteiger partial charge >= 0.3 is 0 Å².